The van der Waals surface area contributed by atoms with Crippen molar-refractivity contribution in [1.82, 2.24) is 9.97 Å². The molecule has 1 aliphatic heterocycles. The standard InChI is InChI=1S/C18H17F3N4O2S2/c1-12-10-13-16(22-11-23-17(13)28-12)25-8-6-24(7-9-25)14-4-2-3-5-15(14)29(26,27)18(19,20)21/h2-5,10-11H,6-9H2,1H3. The van der Waals surface area contributed by atoms with Crippen LogP contribution in [0.3, 0.4) is 0 Å². The van der Waals surface area contributed by atoms with Crippen molar-refractivity contribution in [3.05, 3.63) is 41.5 Å². The van der Waals surface area contributed by atoms with Gasteiger partial charge in [-0.2, -0.15) is 13.2 Å². The molecule has 2 aromatic heterocycles. The number of rotatable bonds is 3. The topological polar surface area (TPSA) is 66.4 Å². The van der Waals surface area contributed by atoms with Gasteiger partial charge in [0.05, 0.1) is 16.0 Å². The fourth-order valence-corrected chi connectivity index (χ4v) is 5.27. The lowest BCUT2D eigenvalue weighted by atomic mass is 10.2. The van der Waals surface area contributed by atoms with E-state index in [0.29, 0.717) is 26.2 Å². The van der Waals surface area contributed by atoms with Crippen molar-refractivity contribution in [3.63, 3.8) is 0 Å². The van der Waals surface area contributed by atoms with Crippen LogP contribution in [0.2, 0.25) is 0 Å². The zero-order valence-corrected chi connectivity index (χ0v) is 17.0. The predicted molar refractivity (Wildman–Crippen MR) is 106 cm³/mol. The molecule has 0 atom stereocenters. The lowest BCUT2D eigenvalue weighted by molar-refractivity contribution is -0.0435. The third-order valence-electron chi connectivity index (χ3n) is 4.81. The Kier molecular flexibility index (Phi) is 4.89. The summed E-state index contributed by atoms with van der Waals surface area (Å²) in [4.78, 5) is 13.7. The van der Waals surface area contributed by atoms with Crippen LogP contribution < -0.4 is 9.80 Å². The summed E-state index contributed by atoms with van der Waals surface area (Å²) in [5.74, 6) is 0.787. The first-order valence-corrected chi connectivity index (χ1v) is 11.1. The average molecular weight is 442 g/mol. The van der Waals surface area contributed by atoms with Crippen molar-refractivity contribution in [2.45, 2.75) is 17.3 Å². The molecule has 0 spiro atoms. The van der Waals surface area contributed by atoms with Crippen LogP contribution in [0.1, 0.15) is 4.88 Å². The highest BCUT2D eigenvalue weighted by atomic mass is 32.2. The van der Waals surface area contributed by atoms with Crippen LogP contribution in [0, 0.1) is 6.92 Å². The highest BCUT2D eigenvalue weighted by Gasteiger charge is 2.48. The number of benzene rings is 1. The molecule has 6 nitrogen and oxygen atoms in total. The Labute approximate surface area is 169 Å². The molecule has 1 saturated heterocycles. The Hall–Kier alpha value is -2.40. The zero-order chi connectivity index (χ0) is 20.8. The zero-order valence-electron chi connectivity index (χ0n) is 15.3. The van der Waals surface area contributed by atoms with Gasteiger partial charge in [-0.1, -0.05) is 12.1 Å². The molecule has 29 heavy (non-hydrogen) atoms. The summed E-state index contributed by atoms with van der Waals surface area (Å²) in [5.41, 5.74) is -5.27. The molecule has 1 fully saturated rings. The predicted octanol–water partition coefficient (Wildman–Crippen LogP) is 3.62. The van der Waals surface area contributed by atoms with E-state index in [9.17, 15) is 21.6 Å². The van der Waals surface area contributed by atoms with Gasteiger partial charge in [0.15, 0.2) is 0 Å². The van der Waals surface area contributed by atoms with Crippen LogP contribution in [0.15, 0.2) is 41.6 Å². The molecule has 1 aliphatic rings. The third-order valence-corrected chi connectivity index (χ3v) is 7.30. The molecular formula is C18H17F3N4O2S2. The summed E-state index contributed by atoms with van der Waals surface area (Å²) >= 11 is 1.57. The maximum absolute atomic E-state index is 13.1. The molecule has 0 bridgehead atoms. The number of piperazine rings is 1. The molecule has 4 rings (SSSR count). The maximum atomic E-state index is 13.1. The number of aryl methyl sites for hydroxylation is 1. The van der Waals surface area contributed by atoms with E-state index in [1.54, 1.807) is 22.3 Å². The summed E-state index contributed by atoms with van der Waals surface area (Å²) in [6.45, 7) is 3.74. The number of thiophene rings is 1. The van der Waals surface area contributed by atoms with Crippen LogP contribution in [0.4, 0.5) is 24.7 Å². The minimum atomic E-state index is -5.42. The van der Waals surface area contributed by atoms with Crippen molar-refractivity contribution in [1.29, 1.82) is 0 Å². The maximum Gasteiger partial charge on any atom is 0.501 e. The second-order valence-electron chi connectivity index (χ2n) is 6.66. The number of hydrogen-bond acceptors (Lipinski definition) is 7. The van der Waals surface area contributed by atoms with E-state index in [2.05, 4.69) is 9.97 Å². The second kappa shape index (κ2) is 7.13. The van der Waals surface area contributed by atoms with Gasteiger partial charge in [0.2, 0.25) is 0 Å². The van der Waals surface area contributed by atoms with E-state index in [4.69, 9.17) is 0 Å². The van der Waals surface area contributed by atoms with Gasteiger partial charge in [-0.25, -0.2) is 18.4 Å². The molecule has 0 saturated carbocycles. The summed E-state index contributed by atoms with van der Waals surface area (Å²) in [5, 5.41) is 0.948. The van der Waals surface area contributed by atoms with Crippen LogP contribution >= 0.6 is 11.3 Å². The molecular weight excluding hydrogens is 425 g/mol. The molecule has 3 heterocycles. The number of anilines is 2. The number of fused-ring (bicyclic) bond motifs is 1. The Morgan fingerprint density at radius 3 is 2.38 bits per heavy atom. The molecule has 0 aliphatic carbocycles. The van der Waals surface area contributed by atoms with E-state index < -0.39 is 20.2 Å². The lowest BCUT2D eigenvalue weighted by Gasteiger charge is -2.37. The first-order valence-electron chi connectivity index (χ1n) is 8.80. The quantitative estimate of drug-likeness (QED) is 0.617. The van der Waals surface area contributed by atoms with E-state index in [1.165, 1.54) is 18.5 Å². The smallest absolute Gasteiger partial charge is 0.367 e. The Balaban J connectivity index is 1.60. The average Bonchev–Trinajstić information content (AvgIpc) is 3.07. The first-order chi connectivity index (χ1) is 13.7. The highest BCUT2D eigenvalue weighted by Crippen LogP contribution is 2.36. The van der Waals surface area contributed by atoms with Gasteiger partial charge in [0.1, 0.15) is 17.0 Å². The van der Waals surface area contributed by atoms with Gasteiger partial charge in [0.25, 0.3) is 9.84 Å². The van der Waals surface area contributed by atoms with E-state index >= 15 is 0 Å². The minimum absolute atomic E-state index is 0.0729. The fourth-order valence-electron chi connectivity index (χ4n) is 3.45. The minimum Gasteiger partial charge on any atom is -0.367 e. The normalized spacial score (nSPS) is 15.9. The molecule has 11 heteroatoms. The van der Waals surface area contributed by atoms with Gasteiger partial charge in [-0.15, -0.1) is 11.3 Å². The number of halogens is 3. The Morgan fingerprint density at radius 1 is 1.03 bits per heavy atom. The summed E-state index contributed by atoms with van der Waals surface area (Å²) in [6, 6.07) is 7.28. The fraction of sp³-hybridized carbons (Fsp3) is 0.333. The lowest BCUT2D eigenvalue weighted by Crippen LogP contribution is -2.47. The summed E-state index contributed by atoms with van der Waals surface area (Å²) in [7, 11) is -5.42. The van der Waals surface area contributed by atoms with Crippen molar-refractivity contribution in [2.24, 2.45) is 0 Å². The van der Waals surface area contributed by atoms with Crippen LogP contribution in [-0.4, -0.2) is 50.1 Å². The number of hydrogen-bond donors (Lipinski definition) is 0. The highest BCUT2D eigenvalue weighted by molar-refractivity contribution is 7.92. The van der Waals surface area contributed by atoms with Crippen molar-refractivity contribution in [3.8, 4) is 0 Å². The molecule has 3 aromatic rings. The number of para-hydroxylation sites is 1. The van der Waals surface area contributed by atoms with Gasteiger partial charge in [-0.3, -0.25) is 0 Å². The summed E-state index contributed by atoms with van der Waals surface area (Å²) < 4.78 is 63.2. The van der Waals surface area contributed by atoms with E-state index in [0.717, 1.165) is 27.0 Å². The van der Waals surface area contributed by atoms with Crippen LogP contribution in [-0.2, 0) is 9.84 Å². The monoisotopic (exact) mass is 442 g/mol. The van der Waals surface area contributed by atoms with Crippen molar-refractivity contribution >= 4 is 42.9 Å². The first kappa shape index (κ1) is 19.9. The van der Waals surface area contributed by atoms with Gasteiger partial charge >= 0.3 is 5.51 Å². The van der Waals surface area contributed by atoms with Crippen LogP contribution in [0.25, 0.3) is 10.2 Å². The molecule has 0 unspecified atom stereocenters. The molecule has 0 amide bonds. The van der Waals surface area contributed by atoms with Gasteiger partial charge in [-0.05, 0) is 25.1 Å². The SMILES string of the molecule is Cc1cc2c(N3CCN(c4ccccc4S(=O)(=O)C(F)(F)F)CC3)ncnc2s1. The van der Waals surface area contributed by atoms with Crippen molar-refractivity contribution in [2.75, 3.05) is 36.0 Å². The number of alkyl halides is 3. The van der Waals surface area contributed by atoms with Gasteiger partial charge < -0.3 is 9.80 Å². The second-order valence-corrected chi connectivity index (χ2v) is 9.81. The van der Waals surface area contributed by atoms with Crippen LogP contribution in [0.5, 0.6) is 0 Å². The Morgan fingerprint density at radius 2 is 1.69 bits per heavy atom. The van der Waals surface area contributed by atoms with E-state index in [-0.39, 0.29) is 5.69 Å². The Bertz CT molecular complexity index is 1150. The summed E-state index contributed by atoms with van der Waals surface area (Å²) in [6.07, 6.45) is 1.51. The van der Waals surface area contributed by atoms with Gasteiger partial charge in [0, 0.05) is 31.1 Å². The largest absolute Gasteiger partial charge is 0.501 e. The van der Waals surface area contributed by atoms with E-state index in [1.807, 2.05) is 17.9 Å². The number of sulfone groups is 1. The van der Waals surface area contributed by atoms with Crippen molar-refractivity contribution < 1.29 is 21.6 Å². The molecule has 1 aromatic carbocycles. The molecule has 0 N–H and O–H groups in total. The molecule has 0 radical (unpaired) electrons. The number of aromatic nitrogens is 2. The molecule has 154 valence electrons. The third kappa shape index (κ3) is 3.52. The number of nitrogens with zero attached hydrogens (tertiary/aromatic N) is 4.